The number of rotatable bonds is 7. The van der Waals surface area contributed by atoms with Crippen molar-refractivity contribution in [2.45, 2.75) is 24.1 Å². The molecule has 0 spiro atoms. The van der Waals surface area contributed by atoms with Gasteiger partial charge in [0.2, 0.25) is 5.91 Å². The molecule has 0 radical (unpaired) electrons. The fraction of sp³-hybridized carbons (Fsp3) is 0.267. The molecule has 1 heterocycles. The summed E-state index contributed by atoms with van der Waals surface area (Å²) in [6.07, 6.45) is 4.13. The molecule has 5 nitrogen and oxygen atoms in total. The van der Waals surface area contributed by atoms with Crippen LogP contribution in [0.2, 0.25) is 0 Å². The molecular weight excluding hydrogens is 320 g/mol. The van der Waals surface area contributed by atoms with Crippen LogP contribution in [0.5, 0.6) is 0 Å². The molecule has 0 aliphatic carbocycles. The molecule has 2 rings (SSSR count). The van der Waals surface area contributed by atoms with Crippen molar-refractivity contribution in [3.63, 3.8) is 0 Å². The number of nitrogens with one attached hydrogen (secondary N) is 1. The zero-order valence-electron chi connectivity index (χ0n) is 12.0. The fourth-order valence-electron chi connectivity index (χ4n) is 1.68. The van der Waals surface area contributed by atoms with Crippen LogP contribution < -0.4 is 5.32 Å². The highest BCUT2D eigenvalue weighted by molar-refractivity contribution is 8.01. The number of carbonyl (C=O) groups excluding carboxylic acids is 1. The van der Waals surface area contributed by atoms with Gasteiger partial charge in [-0.15, -0.1) is 11.3 Å². The molecule has 22 heavy (non-hydrogen) atoms. The first-order chi connectivity index (χ1) is 10.6. The highest BCUT2D eigenvalue weighted by Gasteiger charge is 2.06. The van der Waals surface area contributed by atoms with E-state index < -0.39 is 11.9 Å². The lowest BCUT2D eigenvalue weighted by Crippen LogP contribution is -2.08. The number of aromatic nitrogens is 1. The summed E-state index contributed by atoms with van der Waals surface area (Å²) in [5, 5.41) is 11.1. The van der Waals surface area contributed by atoms with Gasteiger partial charge in [-0.25, -0.2) is 9.78 Å². The van der Waals surface area contributed by atoms with E-state index >= 15 is 0 Å². The smallest absolute Gasteiger partial charge is 0.328 e. The van der Waals surface area contributed by atoms with E-state index in [0.29, 0.717) is 5.69 Å². The molecule has 1 amide bonds. The molecule has 0 aliphatic rings. The van der Waals surface area contributed by atoms with Crippen molar-refractivity contribution >= 4 is 50.9 Å². The number of benzene rings is 1. The van der Waals surface area contributed by atoms with Gasteiger partial charge in [0.1, 0.15) is 0 Å². The molecule has 0 saturated heterocycles. The number of anilines is 1. The number of carboxylic acid groups (broad SMARTS) is 1. The maximum absolute atomic E-state index is 11.6. The van der Waals surface area contributed by atoms with Gasteiger partial charge in [0.05, 0.1) is 10.2 Å². The Morgan fingerprint density at radius 2 is 2.23 bits per heavy atom. The summed E-state index contributed by atoms with van der Waals surface area (Å²) >= 11 is 3.34. The predicted octanol–water partition coefficient (Wildman–Crippen LogP) is 3.77. The molecule has 2 N–H and O–H groups in total. The molecule has 1 aromatic heterocycles. The van der Waals surface area contributed by atoms with Gasteiger partial charge in [0.25, 0.3) is 0 Å². The summed E-state index contributed by atoms with van der Waals surface area (Å²) in [5.41, 5.74) is 1.53. The molecule has 0 atom stereocenters. The highest BCUT2D eigenvalue weighted by Crippen LogP contribution is 2.31. The Hall–Kier alpha value is -1.86. The second-order valence-electron chi connectivity index (χ2n) is 4.53. The minimum absolute atomic E-state index is 0.469. The quantitative estimate of drug-likeness (QED) is 0.457. The topological polar surface area (TPSA) is 79.3 Å². The van der Waals surface area contributed by atoms with E-state index in [9.17, 15) is 9.59 Å². The number of hydrogen-bond donors (Lipinski definition) is 2. The molecule has 0 bridgehead atoms. The number of amides is 1. The van der Waals surface area contributed by atoms with Gasteiger partial charge in [0, 0.05) is 23.6 Å². The predicted molar refractivity (Wildman–Crippen MR) is 90.7 cm³/mol. The van der Waals surface area contributed by atoms with E-state index in [0.717, 1.165) is 45.3 Å². The first-order valence-corrected chi connectivity index (χ1v) is 8.64. The van der Waals surface area contributed by atoms with Gasteiger partial charge in [-0.3, -0.25) is 4.79 Å². The third-order valence-electron chi connectivity index (χ3n) is 2.74. The van der Waals surface area contributed by atoms with E-state index in [1.165, 1.54) is 0 Å². The van der Waals surface area contributed by atoms with Gasteiger partial charge in [-0.1, -0.05) is 25.1 Å². The third-order valence-corrected chi connectivity index (χ3v) is 4.98. The lowest BCUT2D eigenvalue weighted by atomic mass is 10.3. The summed E-state index contributed by atoms with van der Waals surface area (Å²) in [6, 6.07) is 5.46. The summed E-state index contributed by atoms with van der Waals surface area (Å²) < 4.78 is 2.02. The molecule has 0 saturated carbocycles. The Labute approximate surface area is 136 Å². The van der Waals surface area contributed by atoms with E-state index in [1.54, 1.807) is 29.2 Å². The second-order valence-corrected chi connectivity index (χ2v) is 6.90. The first-order valence-electron chi connectivity index (χ1n) is 6.84. The lowest BCUT2D eigenvalue weighted by Gasteiger charge is -2.00. The van der Waals surface area contributed by atoms with Crippen molar-refractivity contribution in [2.75, 3.05) is 11.1 Å². The fourth-order valence-corrected chi connectivity index (χ4v) is 3.94. The van der Waals surface area contributed by atoms with Crippen molar-refractivity contribution in [1.29, 1.82) is 0 Å². The summed E-state index contributed by atoms with van der Waals surface area (Å²) in [4.78, 5) is 26.5. The van der Waals surface area contributed by atoms with Crippen molar-refractivity contribution in [3.05, 3.63) is 30.4 Å². The van der Waals surface area contributed by atoms with Crippen LogP contribution in [0.25, 0.3) is 10.2 Å². The number of aliphatic carboxylic acids is 1. The minimum Gasteiger partial charge on any atom is -0.478 e. The number of fused-ring (bicyclic) bond motifs is 1. The van der Waals surface area contributed by atoms with Crippen LogP contribution in [-0.2, 0) is 9.59 Å². The zero-order valence-corrected chi connectivity index (χ0v) is 13.7. The Kier molecular flexibility index (Phi) is 5.97. The van der Waals surface area contributed by atoms with Crippen LogP contribution in [-0.4, -0.2) is 27.7 Å². The Morgan fingerprint density at radius 1 is 1.41 bits per heavy atom. The van der Waals surface area contributed by atoms with Gasteiger partial charge in [0.15, 0.2) is 4.34 Å². The number of unbranched alkanes of at least 4 members (excludes halogenated alkanes) is 1. The maximum atomic E-state index is 11.6. The van der Waals surface area contributed by atoms with Crippen molar-refractivity contribution in [3.8, 4) is 0 Å². The van der Waals surface area contributed by atoms with Gasteiger partial charge < -0.3 is 10.4 Å². The van der Waals surface area contributed by atoms with Crippen LogP contribution in [0, 0.1) is 0 Å². The number of thioether (sulfide) groups is 1. The Bertz CT molecular complexity index is 710. The summed E-state index contributed by atoms with van der Waals surface area (Å²) in [6.45, 7) is 2.16. The molecule has 0 aliphatic heterocycles. The van der Waals surface area contributed by atoms with Crippen LogP contribution in [0.4, 0.5) is 5.69 Å². The monoisotopic (exact) mass is 336 g/mol. The third kappa shape index (κ3) is 4.85. The van der Waals surface area contributed by atoms with Crippen LogP contribution in [0.1, 0.15) is 19.8 Å². The van der Waals surface area contributed by atoms with E-state index in [-0.39, 0.29) is 0 Å². The zero-order chi connectivity index (χ0) is 15.9. The molecule has 0 unspecified atom stereocenters. The highest BCUT2D eigenvalue weighted by atomic mass is 32.2. The lowest BCUT2D eigenvalue weighted by molar-refractivity contribution is -0.131. The van der Waals surface area contributed by atoms with E-state index in [2.05, 4.69) is 17.2 Å². The van der Waals surface area contributed by atoms with Gasteiger partial charge in [-0.2, -0.15) is 0 Å². The number of carboxylic acids is 1. The molecule has 7 heteroatoms. The van der Waals surface area contributed by atoms with Gasteiger partial charge in [-0.05, 0) is 24.6 Å². The van der Waals surface area contributed by atoms with Crippen molar-refractivity contribution < 1.29 is 14.7 Å². The normalized spacial score (nSPS) is 11.1. The number of nitrogens with zero attached hydrogens (tertiary/aromatic N) is 1. The molecule has 116 valence electrons. The molecule has 2 aromatic rings. The number of thiazole rings is 1. The first kappa shape index (κ1) is 16.5. The van der Waals surface area contributed by atoms with Gasteiger partial charge >= 0.3 is 5.97 Å². The van der Waals surface area contributed by atoms with E-state index in [4.69, 9.17) is 5.11 Å². The average Bonchev–Trinajstić information content (AvgIpc) is 2.87. The molecule has 1 aromatic carbocycles. The SMILES string of the molecule is CCCCSc1nc2ccc(NC(=O)C=CC(=O)O)cc2s1. The van der Waals surface area contributed by atoms with Crippen molar-refractivity contribution in [2.24, 2.45) is 0 Å². The molecular formula is C15H16N2O3S2. The summed E-state index contributed by atoms with van der Waals surface area (Å²) in [5.74, 6) is -0.564. The second kappa shape index (κ2) is 7.95. The summed E-state index contributed by atoms with van der Waals surface area (Å²) in [7, 11) is 0. The Balaban J connectivity index is 2.06. The standard InChI is InChI=1S/C15H16N2O3S2/c1-2-3-8-21-15-17-11-5-4-10(9-12(11)22-15)16-13(18)6-7-14(19)20/h4-7,9H,2-3,8H2,1H3,(H,16,18)(H,19,20). The maximum Gasteiger partial charge on any atom is 0.328 e. The van der Waals surface area contributed by atoms with Crippen LogP contribution in [0.15, 0.2) is 34.7 Å². The minimum atomic E-state index is -1.15. The largest absolute Gasteiger partial charge is 0.478 e. The van der Waals surface area contributed by atoms with Crippen LogP contribution >= 0.6 is 23.1 Å². The Morgan fingerprint density at radius 3 is 2.95 bits per heavy atom. The average molecular weight is 336 g/mol. The number of hydrogen-bond acceptors (Lipinski definition) is 5. The van der Waals surface area contributed by atoms with E-state index in [1.807, 2.05) is 12.1 Å². The van der Waals surface area contributed by atoms with Crippen molar-refractivity contribution in [1.82, 2.24) is 4.98 Å². The number of carbonyl (C=O) groups is 2. The van der Waals surface area contributed by atoms with Crippen LogP contribution in [0.3, 0.4) is 0 Å². The molecule has 0 fully saturated rings.